The van der Waals surface area contributed by atoms with Crippen molar-refractivity contribution < 1.29 is 19.1 Å². The first-order chi connectivity index (χ1) is 16.9. The van der Waals surface area contributed by atoms with Crippen molar-refractivity contribution in [3.05, 3.63) is 75.5 Å². The lowest BCUT2D eigenvalue weighted by Crippen LogP contribution is -2.34. The van der Waals surface area contributed by atoms with Gasteiger partial charge in [0, 0.05) is 25.9 Å². The summed E-state index contributed by atoms with van der Waals surface area (Å²) in [5.74, 6) is 1.32. The van der Waals surface area contributed by atoms with E-state index in [1.165, 1.54) is 23.1 Å². The molecule has 182 valence electrons. The van der Waals surface area contributed by atoms with Crippen LogP contribution in [0.3, 0.4) is 0 Å². The van der Waals surface area contributed by atoms with Gasteiger partial charge in [0.1, 0.15) is 0 Å². The number of ketones is 2. The molecule has 2 fully saturated rings. The van der Waals surface area contributed by atoms with E-state index in [1.54, 1.807) is 0 Å². The fraction of sp³-hybridized carbons (Fsp3) is 0.400. The van der Waals surface area contributed by atoms with Crippen molar-refractivity contribution in [1.82, 2.24) is 4.90 Å². The summed E-state index contributed by atoms with van der Waals surface area (Å²) in [6.07, 6.45) is 8.00. The lowest BCUT2D eigenvalue weighted by molar-refractivity contribution is -0.124. The Morgan fingerprint density at radius 2 is 1.54 bits per heavy atom. The van der Waals surface area contributed by atoms with Crippen LogP contribution in [0.1, 0.15) is 65.8 Å². The third kappa shape index (κ3) is 4.77. The molecule has 1 aliphatic carbocycles. The van der Waals surface area contributed by atoms with Crippen molar-refractivity contribution in [2.24, 2.45) is 0 Å². The van der Waals surface area contributed by atoms with Crippen LogP contribution >= 0.6 is 0 Å². The number of hydrogen-bond donors (Lipinski definition) is 0. The number of piperidine rings is 1. The summed E-state index contributed by atoms with van der Waals surface area (Å²) in [5, 5.41) is 0. The van der Waals surface area contributed by atoms with Gasteiger partial charge in [0.25, 0.3) is 0 Å². The van der Waals surface area contributed by atoms with E-state index < -0.39 is 0 Å². The minimum absolute atomic E-state index is 0.0402. The van der Waals surface area contributed by atoms with Crippen molar-refractivity contribution in [2.75, 3.05) is 19.9 Å². The van der Waals surface area contributed by atoms with Gasteiger partial charge >= 0.3 is 0 Å². The van der Waals surface area contributed by atoms with E-state index in [2.05, 4.69) is 37.8 Å². The molecular formula is C30H33NO4. The highest BCUT2D eigenvalue weighted by Gasteiger charge is 2.35. The van der Waals surface area contributed by atoms with Gasteiger partial charge in [-0.2, -0.15) is 0 Å². The number of nitrogens with zero attached hydrogens (tertiary/aromatic N) is 1. The molecule has 5 nitrogen and oxygen atoms in total. The molecule has 0 spiro atoms. The summed E-state index contributed by atoms with van der Waals surface area (Å²) in [7, 11) is 0. The second-order valence-electron chi connectivity index (χ2n) is 10.0. The predicted molar refractivity (Wildman–Crippen MR) is 137 cm³/mol. The molecule has 0 bridgehead atoms. The Morgan fingerprint density at radius 3 is 2.23 bits per heavy atom. The molecule has 35 heavy (non-hydrogen) atoms. The van der Waals surface area contributed by atoms with Gasteiger partial charge < -0.3 is 14.4 Å². The summed E-state index contributed by atoms with van der Waals surface area (Å²) in [6.45, 7) is 8.22. The zero-order chi connectivity index (χ0) is 24.5. The number of carbonyl (C=O) groups excluding carboxylic acids is 2. The predicted octanol–water partition coefficient (Wildman–Crippen LogP) is 5.81. The van der Waals surface area contributed by atoms with E-state index in [0.29, 0.717) is 18.4 Å². The summed E-state index contributed by atoms with van der Waals surface area (Å²) in [5.41, 5.74) is 6.80. The third-order valence-electron chi connectivity index (χ3n) is 7.35. The van der Waals surface area contributed by atoms with E-state index in [9.17, 15) is 9.59 Å². The average molecular weight is 472 g/mol. The number of fused-ring (bicyclic) bond motifs is 1. The summed E-state index contributed by atoms with van der Waals surface area (Å²) in [6, 6.07) is 10.1. The van der Waals surface area contributed by atoms with E-state index in [1.807, 2.05) is 30.4 Å². The number of ether oxygens (including phenoxy) is 2. The highest BCUT2D eigenvalue weighted by Crippen LogP contribution is 2.38. The molecule has 2 aromatic carbocycles. The first-order valence-corrected chi connectivity index (χ1v) is 12.6. The third-order valence-corrected chi connectivity index (χ3v) is 7.35. The van der Waals surface area contributed by atoms with Gasteiger partial charge in [-0.25, -0.2) is 0 Å². The first kappa shape index (κ1) is 23.4. The van der Waals surface area contributed by atoms with Crippen LogP contribution in [0, 0.1) is 20.8 Å². The molecule has 0 unspecified atom stereocenters. The van der Waals surface area contributed by atoms with Gasteiger partial charge in [0.05, 0.1) is 11.3 Å². The SMILES string of the molecule is Cc1cc(C)c(C2CC(=O)C(=C(/C=C/c3ccc4c(c3)OCO4)N3CCCCC3)C(=O)C2)c(C)c1. The van der Waals surface area contributed by atoms with E-state index >= 15 is 0 Å². The zero-order valence-electron chi connectivity index (χ0n) is 20.9. The Morgan fingerprint density at radius 1 is 0.886 bits per heavy atom. The Kier molecular flexibility index (Phi) is 6.50. The highest BCUT2D eigenvalue weighted by atomic mass is 16.7. The molecule has 2 heterocycles. The standard InChI is InChI=1S/C30H33NO4/c1-19-13-20(2)29(21(3)14-19)23-16-25(32)30(26(33)17-23)24(31-11-5-4-6-12-31)9-7-22-8-10-27-28(15-22)35-18-34-27/h7-10,13-15,23H,4-6,11-12,16-18H2,1-3H3/b9-7+,30-24?. The van der Waals surface area contributed by atoms with Crippen LogP contribution < -0.4 is 9.47 Å². The minimum Gasteiger partial charge on any atom is -0.454 e. The van der Waals surface area contributed by atoms with E-state index in [-0.39, 0.29) is 24.3 Å². The van der Waals surface area contributed by atoms with Gasteiger partial charge in [-0.3, -0.25) is 9.59 Å². The van der Waals surface area contributed by atoms with Gasteiger partial charge in [-0.1, -0.05) is 29.8 Å². The number of rotatable bonds is 4. The van der Waals surface area contributed by atoms with Gasteiger partial charge in [0.2, 0.25) is 6.79 Å². The minimum atomic E-state index is -0.0557. The molecule has 1 saturated heterocycles. The number of allylic oxidation sites excluding steroid dienone is 2. The number of benzene rings is 2. The Bertz CT molecular complexity index is 1190. The molecular weight excluding hydrogens is 438 g/mol. The largest absolute Gasteiger partial charge is 0.454 e. The lowest BCUT2D eigenvalue weighted by atomic mass is 9.76. The molecule has 0 radical (unpaired) electrons. The van der Waals surface area contributed by atoms with E-state index in [4.69, 9.17) is 9.47 Å². The highest BCUT2D eigenvalue weighted by molar-refractivity contribution is 6.23. The fourth-order valence-corrected chi connectivity index (χ4v) is 5.88. The molecule has 2 aromatic rings. The van der Waals surface area contributed by atoms with Crippen molar-refractivity contribution in [1.29, 1.82) is 0 Å². The van der Waals surface area contributed by atoms with Gasteiger partial charge in [0.15, 0.2) is 23.1 Å². The molecule has 0 amide bonds. The monoisotopic (exact) mass is 471 g/mol. The number of Topliss-reactive ketones (excluding diaryl/α,β-unsaturated/α-hetero) is 2. The summed E-state index contributed by atoms with van der Waals surface area (Å²) >= 11 is 0. The maximum absolute atomic E-state index is 13.6. The number of carbonyl (C=O) groups is 2. The topological polar surface area (TPSA) is 55.8 Å². The average Bonchev–Trinajstić information content (AvgIpc) is 3.28. The smallest absolute Gasteiger partial charge is 0.231 e. The van der Waals surface area contributed by atoms with Crippen LogP contribution in [0.15, 0.2) is 47.7 Å². The van der Waals surface area contributed by atoms with Crippen LogP contribution in [0.2, 0.25) is 0 Å². The lowest BCUT2D eigenvalue weighted by Gasteiger charge is -2.33. The molecule has 0 aromatic heterocycles. The van der Waals surface area contributed by atoms with Crippen molar-refractivity contribution in [2.45, 2.75) is 58.8 Å². The molecule has 0 N–H and O–H groups in total. The number of likely N-dealkylation sites (tertiary alicyclic amines) is 1. The maximum Gasteiger partial charge on any atom is 0.231 e. The molecule has 2 aliphatic heterocycles. The summed E-state index contributed by atoms with van der Waals surface area (Å²) in [4.78, 5) is 29.3. The molecule has 0 atom stereocenters. The van der Waals surface area contributed by atoms with Crippen molar-refractivity contribution >= 4 is 17.6 Å². The molecule has 5 heteroatoms. The van der Waals surface area contributed by atoms with Crippen molar-refractivity contribution in [3.8, 4) is 11.5 Å². The Balaban J connectivity index is 1.48. The Labute approximate surface area is 207 Å². The van der Waals surface area contributed by atoms with Crippen LogP contribution in [-0.2, 0) is 9.59 Å². The van der Waals surface area contributed by atoms with Crippen molar-refractivity contribution in [3.63, 3.8) is 0 Å². The molecule has 1 saturated carbocycles. The molecule has 3 aliphatic rings. The number of hydrogen-bond acceptors (Lipinski definition) is 5. The molecule has 5 rings (SSSR count). The second-order valence-corrected chi connectivity index (χ2v) is 10.0. The van der Waals surface area contributed by atoms with Crippen LogP contribution in [0.5, 0.6) is 11.5 Å². The van der Waals surface area contributed by atoms with Gasteiger partial charge in [-0.15, -0.1) is 0 Å². The van der Waals surface area contributed by atoms with Crippen LogP contribution in [0.4, 0.5) is 0 Å². The quantitative estimate of drug-likeness (QED) is 0.416. The Hall–Kier alpha value is -3.34. The summed E-state index contributed by atoms with van der Waals surface area (Å²) < 4.78 is 10.9. The second kappa shape index (κ2) is 9.73. The zero-order valence-corrected chi connectivity index (χ0v) is 20.9. The first-order valence-electron chi connectivity index (χ1n) is 12.6. The van der Waals surface area contributed by atoms with Crippen LogP contribution in [0.25, 0.3) is 6.08 Å². The normalized spacial score (nSPS) is 20.1. The number of aryl methyl sites for hydroxylation is 3. The maximum atomic E-state index is 13.6. The van der Waals surface area contributed by atoms with Crippen LogP contribution in [-0.4, -0.2) is 36.3 Å². The fourth-order valence-electron chi connectivity index (χ4n) is 5.88. The van der Waals surface area contributed by atoms with Gasteiger partial charge in [-0.05, 0) is 86.4 Å². The van der Waals surface area contributed by atoms with E-state index in [0.717, 1.165) is 54.3 Å².